The molecule has 5 heteroatoms. The fourth-order valence-corrected chi connectivity index (χ4v) is 3.77. The predicted octanol–water partition coefficient (Wildman–Crippen LogP) is 5.30. The van der Waals surface area contributed by atoms with E-state index in [1.165, 1.54) is 5.57 Å². The van der Waals surface area contributed by atoms with Crippen molar-refractivity contribution < 1.29 is 4.79 Å². The number of pyridine rings is 1. The van der Waals surface area contributed by atoms with Crippen molar-refractivity contribution in [2.75, 3.05) is 17.2 Å². The lowest BCUT2D eigenvalue weighted by Crippen LogP contribution is -2.12. The van der Waals surface area contributed by atoms with Gasteiger partial charge in [-0.3, -0.25) is 9.78 Å². The third kappa shape index (κ3) is 4.46. The van der Waals surface area contributed by atoms with Crippen molar-refractivity contribution in [2.45, 2.75) is 39.5 Å². The number of para-hydroxylation sites is 1. The minimum absolute atomic E-state index is 0.0143. The first kappa shape index (κ1) is 20.0. The van der Waals surface area contributed by atoms with Crippen molar-refractivity contribution in [2.24, 2.45) is 0 Å². The molecule has 1 aliphatic rings. The van der Waals surface area contributed by atoms with E-state index in [1.54, 1.807) is 0 Å². The highest BCUT2D eigenvalue weighted by molar-refractivity contribution is 5.93. The monoisotopic (exact) mass is 400 g/mol. The molecule has 1 amide bonds. The maximum Gasteiger partial charge on any atom is 0.224 e. The number of nitrogens with zero attached hydrogens (tertiary/aromatic N) is 1. The summed E-state index contributed by atoms with van der Waals surface area (Å²) in [5.74, 6) is 0.0143. The van der Waals surface area contributed by atoms with Crippen LogP contribution in [-0.4, -0.2) is 22.4 Å². The van der Waals surface area contributed by atoms with Crippen LogP contribution in [0.1, 0.15) is 36.7 Å². The number of fused-ring (bicyclic) bond motifs is 1. The quantitative estimate of drug-likeness (QED) is 0.480. The Morgan fingerprint density at radius 1 is 1.23 bits per heavy atom. The Bertz CT molecular complexity index is 1110. The highest BCUT2D eigenvalue weighted by Gasteiger charge is 2.15. The Labute approximate surface area is 177 Å². The molecule has 0 unspecified atom stereocenters. The predicted molar refractivity (Wildman–Crippen MR) is 124 cm³/mol. The summed E-state index contributed by atoms with van der Waals surface area (Å²) in [6.45, 7) is 5.03. The number of H-pyrrole nitrogens is 1. The molecule has 3 aromatic rings. The molecule has 2 heterocycles. The van der Waals surface area contributed by atoms with E-state index in [0.29, 0.717) is 12.8 Å². The van der Waals surface area contributed by atoms with Crippen molar-refractivity contribution in [1.82, 2.24) is 9.97 Å². The number of aryl methyl sites for hydroxylation is 3. The third-order valence-corrected chi connectivity index (χ3v) is 5.53. The fraction of sp³-hybridized carbons (Fsp3) is 0.280. The molecular weight excluding hydrogens is 372 g/mol. The third-order valence-electron chi connectivity index (χ3n) is 5.53. The molecule has 2 aromatic heterocycles. The molecule has 4 rings (SSSR count). The van der Waals surface area contributed by atoms with Crippen LogP contribution in [0.2, 0.25) is 0 Å². The first-order valence-corrected chi connectivity index (χ1v) is 10.6. The van der Waals surface area contributed by atoms with E-state index < -0.39 is 0 Å². The largest absolute Gasteiger partial charge is 0.379 e. The van der Waals surface area contributed by atoms with Crippen LogP contribution in [0.5, 0.6) is 0 Å². The summed E-state index contributed by atoms with van der Waals surface area (Å²) >= 11 is 0. The van der Waals surface area contributed by atoms with E-state index in [2.05, 4.69) is 53.8 Å². The molecule has 3 N–H and O–H groups in total. The lowest BCUT2D eigenvalue weighted by molar-refractivity contribution is -0.116. The summed E-state index contributed by atoms with van der Waals surface area (Å²) in [6, 6.07) is 11.7. The van der Waals surface area contributed by atoms with Gasteiger partial charge in [-0.05, 0) is 55.5 Å². The Balaban J connectivity index is 1.51. The van der Waals surface area contributed by atoms with E-state index in [0.717, 1.165) is 58.7 Å². The number of nitrogens with one attached hydrogen (secondary N) is 3. The van der Waals surface area contributed by atoms with Crippen LogP contribution in [0.4, 0.5) is 11.4 Å². The molecule has 0 bridgehead atoms. The zero-order valence-corrected chi connectivity index (χ0v) is 17.6. The summed E-state index contributed by atoms with van der Waals surface area (Å²) in [5.41, 5.74) is 8.55. The zero-order valence-electron chi connectivity index (χ0n) is 17.6. The highest BCUT2D eigenvalue weighted by Crippen LogP contribution is 2.29. The molecule has 5 nitrogen and oxygen atoms in total. The second-order valence-corrected chi connectivity index (χ2v) is 7.69. The molecule has 0 radical (unpaired) electrons. The summed E-state index contributed by atoms with van der Waals surface area (Å²) in [7, 11) is 0. The summed E-state index contributed by atoms with van der Waals surface area (Å²) in [5, 5.41) is 6.54. The van der Waals surface area contributed by atoms with Crippen molar-refractivity contribution in [3.63, 3.8) is 0 Å². The molecule has 0 atom stereocenters. The number of rotatable bonds is 8. The van der Waals surface area contributed by atoms with Gasteiger partial charge in [0, 0.05) is 30.0 Å². The van der Waals surface area contributed by atoms with E-state index in [-0.39, 0.29) is 5.91 Å². The summed E-state index contributed by atoms with van der Waals surface area (Å²) in [6.07, 6.45) is 9.41. The number of carbonyl (C=O) groups is 1. The van der Waals surface area contributed by atoms with E-state index >= 15 is 0 Å². The van der Waals surface area contributed by atoms with Crippen LogP contribution in [0, 0.1) is 6.92 Å². The van der Waals surface area contributed by atoms with E-state index in [9.17, 15) is 4.79 Å². The first-order chi connectivity index (χ1) is 14.6. The number of carbonyl (C=O) groups excluding carboxylic acids is 1. The number of allylic oxidation sites excluding steroid dienone is 3. The Morgan fingerprint density at radius 2 is 2.07 bits per heavy atom. The van der Waals surface area contributed by atoms with Crippen LogP contribution in [0.3, 0.4) is 0 Å². The lowest BCUT2D eigenvalue weighted by atomic mass is 10.1. The normalized spacial score (nSPS) is 12.9. The van der Waals surface area contributed by atoms with Crippen molar-refractivity contribution in [3.05, 3.63) is 77.2 Å². The molecule has 0 aliphatic heterocycles. The summed E-state index contributed by atoms with van der Waals surface area (Å²) in [4.78, 5) is 20.8. The van der Waals surface area contributed by atoms with Gasteiger partial charge in [0.1, 0.15) is 0 Å². The molecular formula is C25H28N4O. The first-order valence-electron chi connectivity index (χ1n) is 10.6. The number of aromatic amines is 1. The van der Waals surface area contributed by atoms with Crippen molar-refractivity contribution in [3.8, 4) is 0 Å². The summed E-state index contributed by atoms with van der Waals surface area (Å²) < 4.78 is 0. The average molecular weight is 401 g/mol. The topological polar surface area (TPSA) is 69.8 Å². The van der Waals surface area contributed by atoms with Gasteiger partial charge in [0.05, 0.1) is 16.7 Å². The maximum absolute atomic E-state index is 12.4. The van der Waals surface area contributed by atoms with Gasteiger partial charge >= 0.3 is 0 Å². The second-order valence-electron chi connectivity index (χ2n) is 7.69. The number of benzene rings is 1. The van der Waals surface area contributed by atoms with Gasteiger partial charge in [-0.25, -0.2) is 0 Å². The van der Waals surface area contributed by atoms with Crippen molar-refractivity contribution >= 4 is 28.3 Å². The van der Waals surface area contributed by atoms with Gasteiger partial charge in [0.15, 0.2) is 0 Å². The van der Waals surface area contributed by atoms with Gasteiger partial charge in [0.25, 0.3) is 0 Å². The molecule has 0 saturated heterocycles. The number of amides is 1. The maximum atomic E-state index is 12.4. The highest BCUT2D eigenvalue weighted by atomic mass is 16.1. The SMILES string of the molecule is CCc1cc(NCC2=CC=CC2)c2[nH]c(CCC(=O)Nc3ccccc3)c(C)c2n1. The van der Waals surface area contributed by atoms with Gasteiger partial charge in [-0.2, -0.15) is 0 Å². The smallest absolute Gasteiger partial charge is 0.224 e. The average Bonchev–Trinajstić information content (AvgIpc) is 3.39. The Hall–Kier alpha value is -3.34. The van der Waals surface area contributed by atoms with Crippen LogP contribution in [-0.2, 0) is 17.6 Å². The molecule has 1 aliphatic carbocycles. The minimum Gasteiger partial charge on any atom is -0.379 e. The Kier molecular flexibility index (Phi) is 5.98. The van der Waals surface area contributed by atoms with Gasteiger partial charge in [-0.15, -0.1) is 0 Å². The lowest BCUT2D eigenvalue weighted by Gasteiger charge is -2.10. The number of anilines is 2. The second kappa shape index (κ2) is 8.99. The molecule has 0 fully saturated rings. The number of hydrogen-bond donors (Lipinski definition) is 3. The number of hydrogen-bond acceptors (Lipinski definition) is 3. The van der Waals surface area contributed by atoms with Crippen LogP contribution < -0.4 is 10.6 Å². The molecule has 30 heavy (non-hydrogen) atoms. The molecule has 0 spiro atoms. The zero-order chi connectivity index (χ0) is 20.9. The van der Waals surface area contributed by atoms with Gasteiger partial charge < -0.3 is 15.6 Å². The van der Waals surface area contributed by atoms with E-state index in [4.69, 9.17) is 4.98 Å². The minimum atomic E-state index is 0.0143. The van der Waals surface area contributed by atoms with Crippen LogP contribution >= 0.6 is 0 Å². The Morgan fingerprint density at radius 3 is 2.80 bits per heavy atom. The van der Waals surface area contributed by atoms with Gasteiger partial charge in [-0.1, -0.05) is 43.4 Å². The van der Waals surface area contributed by atoms with Crippen molar-refractivity contribution in [1.29, 1.82) is 0 Å². The van der Waals surface area contributed by atoms with E-state index in [1.807, 2.05) is 30.3 Å². The standard InChI is InChI=1S/C25H28N4O/c1-3-19-15-22(26-16-18-9-7-8-10-18)25-24(28-19)17(2)21(29-25)13-14-23(30)27-20-11-5-4-6-12-20/h4-9,11-12,15,29H,3,10,13-14,16H2,1-2H3,(H,26,28)(H,27,30). The fourth-order valence-electron chi connectivity index (χ4n) is 3.77. The molecule has 1 aromatic carbocycles. The number of aromatic nitrogens is 2. The molecule has 154 valence electrons. The molecule has 0 saturated carbocycles. The van der Waals surface area contributed by atoms with Gasteiger partial charge in [0.2, 0.25) is 5.91 Å². The van der Waals surface area contributed by atoms with Crippen LogP contribution in [0.25, 0.3) is 11.0 Å². The van der Waals surface area contributed by atoms with Crippen LogP contribution in [0.15, 0.2) is 60.2 Å².